The van der Waals surface area contributed by atoms with Crippen molar-refractivity contribution in [1.29, 1.82) is 0 Å². The van der Waals surface area contributed by atoms with Gasteiger partial charge in [-0.25, -0.2) is 0 Å². The van der Waals surface area contributed by atoms with E-state index in [4.69, 9.17) is 11.5 Å². The van der Waals surface area contributed by atoms with Crippen LogP contribution in [-0.2, 0) is 19.6 Å². The third kappa shape index (κ3) is 8.83. The Morgan fingerprint density at radius 1 is 0.721 bits per heavy atom. The highest BCUT2D eigenvalue weighted by atomic mass is 16.3. The van der Waals surface area contributed by atoms with Crippen molar-refractivity contribution >= 4 is 11.8 Å². The van der Waals surface area contributed by atoms with E-state index in [9.17, 15) is 19.8 Å². The molecule has 1 aliphatic heterocycles. The first-order valence-electron chi connectivity index (χ1n) is 14.7. The van der Waals surface area contributed by atoms with E-state index in [2.05, 4.69) is 45.0 Å². The van der Waals surface area contributed by atoms with Crippen molar-refractivity contribution in [3.8, 4) is 11.5 Å². The van der Waals surface area contributed by atoms with E-state index < -0.39 is 11.8 Å². The summed E-state index contributed by atoms with van der Waals surface area (Å²) in [7, 11) is 0. The monoisotopic (exact) mass is 585 g/mol. The van der Waals surface area contributed by atoms with Crippen LogP contribution in [0.2, 0.25) is 0 Å². The number of nitrogens with zero attached hydrogens (tertiary/aromatic N) is 3. The maximum absolute atomic E-state index is 11.9. The first kappa shape index (κ1) is 31.6. The van der Waals surface area contributed by atoms with Gasteiger partial charge >= 0.3 is 0 Å². The number of amides is 2. The summed E-state index contributed by atoms with van der Waals surface area (Å²) in [6.07, 6.45) is 5.97. The molecule has 0 spiro atoms. The molecule has 4 rings (SSSR count). The van der Waals surface area contributed by atoms with Gasteiger partial charge in [-0.05, 0) is 68.3 Å². The van der Waals surface area contributed by atoms with Crippen LogP contribution < -0.4 is 11.5 Å². The van der Waals surface area contributed by atoms with Crippen LogP contribution >= 0.6 is 0 Å². The standard InChI is InChI=1S/C34H43N5O4/c1-24-17-27(31(40)29(19-24)33(35)42)22-38-13-6-11-37(21-26-9-4-3-5-10-26)12-7-14-39(16-8-15-38)23-28-18-25(2)20-30(32(28)41)34(36)43/h3-5,8-10,15,17-20,40-41H,6-7,11-14,16,21-23H2,1-2H3,(H2,35,42)(H2,36,43)/b15-8-. The van der Waals surface area contributed by atoms with Gasteiger partial charge in [-0.15, -0.1) is 0 Å². The summed E-state index contributed by atoms with van der Waals surface area (Å²) in [5, 5.41) is 21.6. The van der Waals surface area contributed by atoms with Gasteiger partial charge in [-0.2, -0.15) is 0 Å². The molecule has 3 aromatic carbocycles. The third-order valence-electron chi connectivity index (χ3n) is 7.76. The Morgan fingerprint density at radius 3 is 1.84 bits per heavy atom. The Kier molecular flexibility index (Phi) is 10.8. The summed E-state index contributed by atoms with van der Waals surface area (Å²) < 4.78 is 0. The van der Waals surface area contributed by atoms with Crippen molar-refractivity contribution in [2.45, 2.75) is 46.3 Å². The Hall–Kier alpha value is -4.34. The quantitative estimate of drug-likeness (QED) is 0.313. The molecule has 0 fully saturated rings. The molecule has 0 unspecified atom stereocenters. The van der Waals surface area contributed by atoms with E-state index in [0.29, 0.717) is 30.8 Å². The number of rotatable bonds is 8. The van der Waals surface area contributed by atoms with Crippen molar-refractivity contribution in [3.63, 3.8) is 0 Å². The highest BCUT2D eigenvalue weighted by Gasteiger charge is 2.18. The topological polar surface area (TPSA) is 136 Å². The van der Waals surface area contributed by atoms with Crippen molar-refractivity contribution < 1.29 is 19.8 Å². The zero-order valence-corrected chi connectivity index (χ0v) is 25.1. The fraction of sp³-hybridized carbons (Fsp3) is 0.353. The van der Waals surface area contributed by atoms with Crippen LogP contribution in [0.3, 0.4) is 0 Å². The van der Waals surface area contributed by atoms with Crippen LogP contribution in [0.4, 0.5) is 0 Å². The van der Waals surface area contributed by atoms with Crippen molar-refractivity contribution in [3.05, 3.63) is 106 Å². The molecule has 0 saturated heterocycles. The van der Waals surface area contributed by atoms with Crippen molar-refractivity contribution in [1.82, 2.24) is 14.7 Å². The number of carbonyl (C=O) groups is 2. The number of aryl methyl sites for hydroxylation is 2. The zero-order valence-electron chi connectivity index (χ0n) is 25.1. The summed E-state index contributed by atoms with van der Waals surface area (Å²) in [4.78, 5) is 30.7. The van der Waals surface area contributed by atoms with Gasteiger partial charge in [-0.1, -0.05) is 48.5 Å². The Labute approximate surface area is 254 Å². The van der Waals surface area contributed by atoms with E-state index in [1.807, 2.05) is 38.2 Å². The van der Waals surface area contributed by atoms with E-state index in [1.165, 1.54) is 5.56 Å². The Balaban J connectivity index is 1.59. The lowest BCUT2D eigenvalue weighted by atomic mass is 10.0. The zero-order chi connectivity index (χ0) is 30.9. The Bertz CT molecular complexity index is 1460. The molecular formula is C34H43N5O4. The minimum atomic E-state index is -0.655. The highest BCUT2D eigenvalue weighted by Crippen LogP contribution is 2.27. The molecule has 2 amide bonds. The minimum absolute atomic E-state index is 0.0688. The molecule has 0 radical (unpaired) electrons. The maximum atomic E-state index is 11.9. The fourth-order valence-corrected chi connectivity index (χ4v) is 5.70. The summed E-state index contributed by atoms with van der Waals surface area (Å²) in [5.74, 6) is -1.45. The number of aromatic hydroxyl groups is 2. The molecule has 9 nitrogen and oxygen atoms in total. The second-order valence-corrected chi connectivity index (χ2v) is 11.4. The third-order valence-corrected chi connectivity index (χ3v) is 7.76. The van der Waals surface area contributed by atoms with E-state index >= 15 is 0 Å². The molecular weight excluding hydrogens is 542 g/mol. The van der Waals surface area contributed by atoms with Crippen LogP contribution in [0, 0.1) is 13.8 Å². The molecule has 9 heteroatoms. The smallest absolute Gasteiger partial charge is 0.252 e. The summed E-state index contributed by atoms with van der Waals surface area (Å²) in [5.41, 5.74) is 15.6. The second kappa shape index (κ2) is 14.7. The Morgan fingerprint density at radius 2 is 1.26 bits per heavy atom. The molecule has 3 aromatic rings. The van der Waals surface area contributed by atoms with Crippen LogP contribution in [0.15, 0.2) is 66.9 Å². The van der Waals surface area contributed by atoms with Gasteiger partial charge in [0, 0.05) is 56.9 Å². The second-order valence-electron chi connectivity index (χ2n) is 11.4. The molecule has 0 atom stereocenters. The molecule has 0 aromatic heterocycles. The van der Waals surface area contributed by atoms with Gasteiger partial charge in [0.25, 0.3) is 11.8 Å². The lowest BCUT2D eigenvalue weighted by Gasteiger charge is -2.29. The number of phenols is 2. The van der Waals surface area contributed by atoms with Crippen LogP contribution in [0.5, 0.6) is 11.5 Å². The number of hydrogen-bond acceptors (Lipinski definition) is 7. The molecule has 0 aliphatic carbocycles. The molecule has 0 saturated carbocycles. The van der Waals surface area contributed by atoms with Gasteiger partial charge in [0.15, 0.2) is 0 Å². The summed E-state index contributed by atoms with van der Waals surface area (Å²) in [6.45, 7) is 9.44. The van der Waals surface area contributed by atoms with Crippen LogP contribution in [0.25, 0.3) is 0 Å². The van der Waals surface area contributed by atoms with Gasteiger partial charge in [0.1, 0.15) is 11.5 Å². The summed E-state index contributed by atoms with van der Waals surface area (Å²) in [6, 6.07) is 17.4. The maximum Gasteiger partial charge on any atom is 0.252 e. The average Bonchev–Trinajstić information content (AvgIpc) is 2.95. The van der Waals surface area contributed by atoms with E-state index in [-0.39, 0.29) is 22.6 Å². The van der Waals surface area contributed by atoms with Gasteiger partial charge in [-0.3, -0.25) is 19.4 Å². The molecule has 228 valence electrons. The number of primary amides is 2. The first-order chi connectivity index (χ1) is 20.6. The fourth-order valence-electron chi connectivity index (χ4n) is 5.70. The number of benzene rings is 3. The highest BCUT2D eigenvalue weighted by molar-refractivity contribution is 5.96. The average molecular weight is 586 g/mol. The van der Waals surface area contributed by atoms with E-state index in [0.717, 1.165) is 56.7 Å². The molecule has 1 aliphatic rings. The van der Waals surface area contributed by atoms with Gasteiger partial charge in [0.2, 0.25) is 0 Å². The molecule has 43 heavy (non-hydrogen) atoms. The summed E-state index contributed by atoms with van der Waals surface area (Å²) >= 11 is 0. The van der Waals surface area contributed by atoms with Crippen LogP contribution in [0.1, 0.15) is 61.4 Å². The van der Waals surface area contributed by atoms with Crippen LogP contribution in [-0.4, -0.2) is 69.5 Å². The van der Waals surface area contributed by atoms with Crippen molar-refractivity contribution in [2.24, 2.45) is 11.5 Å². The van der Waals surface area contributed by atoms with Crippen molar-refractivity contribution in [2.75, 3.05) is 32.7 Å². The lowest BCUT2D eigenvalue weighted by Crippen LogP contribution is -2.33. The largest absolute Gasteiger partial charge is 0.507 e. The number of carbonyl (C=O) groups excluding carboxylic acids is 2. The SMILES string of the molecule is Cc1cc(CN2/C=C\CN(Cc3cc(C)cc(C(N)=O)c3O)CCCN(Cc3ccccc3)CCC2)c(O)c(C(N)=O)c1. The molecule has 0 bridgehead atoms. The van der Waals surface area contributed by atoms with E-state index in [1.54, 1.807) is 12.1 Å². The normalized spacial score (nSPS) is 16.3. The lowest BCUT2D eigenvalue weighted by molar-refractivity contribution is 0.0988. The minimum Gasteiger partial charge on any atom is -0.507 e. The number of hydrogen-bond donors (Lipinski definition) is 4. The van der Waals surface area contributed by atoms with Gasteiger partial charge in [0.05, 0.1) is 11.1 Å². The predicted molar refractivity (Wildman–Crippen MR) is 169 cm³/mol. The number of nitrogens with two attached hydrogens (primary N) is 2. The molecule has 6 N–H and O–H groups in total. The van der Waals surface area contributed by atoms with Gasteiger partial charge < -0.3 is 26.6 Å². The predicted octanol–water partition coefficient (Wildman–Crippen LogP) is 4.03. The first-order valence-corrected chi connectivity index (χ1v) is 14.7. The molecule has 1 heterocycles.